The lowest BCUT2D eigenvalue weighted by Gasteiger charge is -2.15. The van der Waals surface area contributed by atoms with Gasteiger partial charge >= 0.3 is 0 Å². The van der Waals surface area contributed by atoms with Gasteiger partial charge in [-0.05, 0) is 92.9 Å². The minimum absolute atomic E-state index is 0.211. The van der Waals surface area contributed by atoms with Gasteiger partial charge in [0.15, 0.2) is 0 Å². The smallest absolute Gasteiger partial charge is 0.262 e. The molecule has 0 aliphatic carbocycles. The maximum absolute atomic E-state index is 13.0. The number of hydrogen-bond acceptors (Lipinski definition) is 8. The molecule has 0 unspecified atom stereocenters. The minimum Gasteiger partial charge on any atom is -0.496 e. The van der Waals surface area contributed by atoms with Crippen molar-refractivity contribution in [3.63, 3.8) is 0 Å². The number of benzene rings is 2. The molecule has 0 atom stereocenters. The maximum Gasteiger partial charge on any atom is 0.262 e. The van der Waals surface area contributed by atoms with E-state index in [9.17, 15) is 8.42 Å². The van der Waals surface area contributed by atoms with Gasteiger partial charge in [-0.15, -0.1) is 0 Å². The zero-order valence-electron chi connectivity index (χ0n) is 20.7. The highest BCUT2D eigenvalue weighted by Crippen LogP contribution is 2.29. The number of methoxy groups -OCH3 is 1. The Kier molecular flexibility index (Phi) is 7.07. The Bertz CT molecular complexity index is 1510. The first-order chi connectivity index (χ1) is 17.1. The van der Waals surface area contributed by atoms with E-state index in [4.69, 9.17) is 4.74 Å². The summed E-state index contributed by atoms with van der Waals surface area (Å²) in [5.74, 6) is 3.13. The number of anilines is 5. The third-order valence-electron chi connectivity index (χ3n) is 5.62. The van der Waals surface area contributed by atoms with Crippen LogP contribution in [0.15, 0.2) is 65.7 Å². The van der Waals surface area contributed by atoms with E-state index in [1.807, 2.05) is 26.0 Å². The number of nitrogens with one attached hydrogen (secondary N) is 3. The Morgan fingerprint density at radius 1 is 0.750 bits per heavy atom. The number of pyridine rings is 1. The minimum atomic E-state index is -3.77. The zero-order valence-corrected chi connectivity index (χ0v) is 21.6. The third kappa shape index (κ3) is 5.72. The molecule has 0 fully saturated rings. The van der Waals surface area contributed by atoms with Crippen molar-refractivity contribution >= 4 is 38.9 Å². The van der Waals surface area contributed by atoms with Crippen molar-refractivity contribution in [3.8, 4) is 5.75 Å². The van der Waals surface area contributed by atoms with Crippen LogP contribution in [0.4, 0.5) is 28.8 Å². The molecule has 0 bridgehead atoms. The molecule has 9 nitrogen and oxygen atoms in total. The van der Waals surface area contributed by atoms with Gasteiger partial charge in [0.05, 0.1) is 12.0 Å². The summed E-state index contributed by atoms with van der Waals surface area (Å²) in [6.45, 7) is 7.40. The van der Waals surface area contributed by atoms with Crippen molar-refractivity contribution in [3.05, 3.63) is 83.3 Å². The van der Waals surface area contributed by atoms with E-state index in [0.717, 1.165) is 16.8 Å². The fourth-order valence-corrected chi connectivity index (χ4v) is 5.05. The second-order valence-electron chi connectivity index (χ2n) is 8.35. The van der Waals surface area contributed by atoms with Crippen molar-refractivity contribution in [2.24, 2.45) is 0 Å². The van der Waals surface area contributed by atoms with E-state index >= 15 is 0 Å². The van der Waals surface area contributed by atoms with Gasteiger partial charge in [-0.1, -0.05) is 0 Å². The van der Waals surface area contributed by atoms with E-state index in [-0.39, 0.29) is 4.90 Å². The highest BCUT2D eigenvalue weighted by atomic mass is 32.2. The lowest BCUT2D eigenvalue weighted by molar-refractivity contribution is 0.411. The molecule has 4 rings (SSSR count). The molecule has 186 valence electrons. The molecule has 0 radical (unpaired) electrons. The highest BCUT2D eigenvalue weighted by molar-refractivity contribution is 7.92. The average molecular weight is 505 g/mol. The number of aryl methyl sites for hydroxylation is 2. The average Bonchev–Trinajstić information content (AvgIpc) is 2.81. The molecular weight excluding hydrogens is 476 g/mol. The molecule has 0 aliphatic heterocycles. The van der Waals surface area contributed by atoms with Crippen LogP contribution in [0.5, 0.6) is 5.75 Å². The van der Waals surface area contributed by atoms with Gasteiger partial charge < -0.3 is 15.4 Å². The van der Waals surface area contributed by atoms with Crippen molar-refractivity contribution in [2.75, 3.05) is 22.5 Å². The van der Waals surface area contributed by atoms with Crippen LogP contribution in [-0.2, 0) is 10.0 Å². The van der Waals surface area contributed by atoms with Gasteiger partial charge in [0.25, 0.3) is 10.0 Å². The maximum atomic E-state index is 13.0. The second-order valence-corrected chi connectivity index (χ2v) is 10.0. The lowest BCUT2D eigenvalue weighted by atomic mass is 10.1. The molecule has 2 aromatic carbocycles. The summed E-state index contributed by atoms with van der Waals surface area (Å²) in [5, 5.41) is 6.42. The summed E-state index contributed by atoms with van der Waals surface area (Å²) in [6, 6.07) is 15.8. The Balaban J connectivity index is 1.49. The van der Waals surface area contributed by atoms with Gasteiger partial charge in [-0.3, -0.25) is 4.72 Å². The van der Waals surface area contributed by atoms with Gasteiger partial charge in [-0.2, -0.15) is 0 Å². The monoisotopic (exact) mass is 504 g/mol. The predicted octanol–water partition coefficient (Wildman–Crippen LogP) is 5.40. The molecule has 3 N–H and O–H groups in total. The van der Waals surface area contributed by atoms with E-state index in [1.54, 1.807) is 69.6 Å². The van der Waals surface area contributed by atoms with Gasteiger partial charge in [0.1, 0.15) is 29.0 Å². The van der Waals surface area contributed by atoms with Crippen LogP contribution in [0, 0.1) is 27.7 Å². The molecule has 0 amide bonds. The molecule has 4 aromatic rings. The van der Waals surface area contributed by atoms with Crippen molar-refractivity contribution < 1.29 is 13.2 Å². The molecule has 10 heteroatoms. The number of aromatic nitrogens is 3. The van der Waals surface area contributed by atoms with E-state index < -0.39 is 10.0 Å². The number of sulfonamides is 1. The molecule has 0 saturated carbocycles. The fraction of sp³-hybridized carbons (Fsp3) is 0.192. The highest BCUT2D eigenvalue weighted by Gasteiger charge is 2.19. The van der Waals surface area contributed by atoms with Gasteiger partial charge in [0.2, 0.25) is 0 Å². The molecular formula is C26H28N6O3S. The van der Waals surface area contributed by atoms with Crippen LogP contribution >= 0.6 is 0 Å². The summed E-state index contributed by atoms with van der Waals surface area (Å²) in [5.41, 5.74) is 3.70. The standard InChI is InChI=1S/C26H28N6O3S/c1-16-12-13-27-24(14-16)31-26-15-25(28-19(4)29-26)30-20-6-8-21(9-7-20)32-36(33,34)23-11-10-22(35-5)17(2)18(23)3/h6-15,32H,1-5H3,(H2,27,28,29,30,31). The first kappa shape index (κ1) is 24.9. The summed E-state index contributed by atoms with van der Waals surface area (Å²) in [6.07, 6.45) is 1.73. The molecule has 0 saturated heterocycles. The van der Waals surface area contributed by atoms with Crippen LogP contribution in [0.1, 0.15) is 22.5 Å². The zero-order chi connectivity index (χ0) is 25.9. The van der Waals surface area contributed by atoms with E-state index in [1.165, 1.54) is 0 Å². The van der Waals surface area contributed by atoms with Gasteiger partial charge in [-0.25, -0.2) is 23.4 Å². The molecule has 0 aliphatic rings. The number of nitrogens with zero attached hydrogens (tertiary/aromatic N) is 3. The van der Waals surface area contributed by atoms with E-state index in [2.05, 4.69) is 30.3 Å². The first-order valence-corrected chi connectivity index (χ1v) is 12.7. The van der Waals surface area contributed by atoms with Crippen molar-refractivity contribution in [2.45, 2.75) is 32.6 Å². The molecule has 0 spiro atoms. The topological polar surface area (TPSA) is 118 Å². The van der Waals surface area contributed by atoms with E-state index in [0.29, 0.717) is 40.3 Å². The first-order valence-electron chi connectivity index (χ1n) is 11.2. The van der Waals surface area contributed by atoms with Crippen LogP contribution in [-0.4, -0.2) is 30.5 Å². The third-order valence-corrected chi connectivity index (χ3v) is 7.14. The van der Waals surface area contributed by atoms with Crippen LogP contribution in [0.25, 0.3) is 0 Å². The van der Waals surface area contributed by atoms with Gasteiger partial charge in [0, 0.05) is 23.6 Å². The Morgan fingerprint density at radius 2 is 1.42 bits per heavy atom. The largest absolute Gasteiger partial charge is 0.496 e. The predicted molar refractivity (Wildman–Crippen MR) is 142 cm³/mol. The van der Waals surface area contributed by atoms with Crippen LogP contribution in [0.2, 0.25) is 0 Å². The van der Waals surface area contributed by atoms with Crippen LogP contribution < -0.4 is 20.1 Å². The molecule has 2 aromatic heterocycles. The number of ether oxygens (including phenoxy) is 1. The fourth-order valence-electron chi connectivity index (χ4n) is 3.69. The molecule has 2 heterocycles. The Labute approximate surface area is 211 Å². The Morgan fingerprint density at radius 3 is 2.08 bits per heavy atom. The lowest BCUT2D eigenvalue weighted by Crippen LogP contribution is -2.15. The second kappa shape index (κ2) is 10.2. The van der Waals surface area contributed by atoms with Crippen LogP contribution in [0.3, 0.4) is 0 Å². The number of hydrogen-bond donors (Lipinski definition) is 3. The van der Waals surface area contributed by atoms with Crippen molar-refractivity contribution in [1.29, 1.82) is 0 Å². The van der Waals surface area contributed by atoms with Crippen molar-refractivity contribution in [1.82, 2.24) is 15.0 Å². The normalized spacial score (nSPS) is 11.1. The SMILES string of the molecule is COc1ccc(S(=O)(=O)Nc2ccc(Nc3cc(Nc4cc(C)ccn4)nc(C)n3)cc2)c(C)c1C. The summed E-state index contributed by atoms with van der Waals surface area (Å²) >= 11 is 0. The quantitative estimate of drug-likeness (QED) is 0.292. The molecule has 36 heavy (non-hydrogen) atoms. The summed E-state index contributed by atoms with van der Waals surface area (Å²) < 4.78 is 33.9. The summed E-state index contributed by atoms with van der Waals surface area (Å²) in [7, 11) is -2.21. The Hall–Kier alpha value is -4.18. The summed E-state index contributed by atoms with van der Waals surface area (Å²) in [4.78, 5) is 13.4. The number of rotatable bonds is 8.